The fourth-order valence-electron chi connectivity index (χ4n) is 5.18. The van der Waals surface area contributed by atoms with E-state index in [9.17, 15) is 0 Å². The molecule has 2 rings (SSSR count). The summed E-state index contributed by atoms with van der Waals surface area (Å²) in [5, 5.41) is 0. The summed E-state index contributed by atoms with van der Waals surface area (Å²) < 4.78 is 0.153. The topological polar surface area (TPSA) is 0 Å². The van der Waals surface area contributed by atoms with E-state index in [-0.39, 0.29) is 13.9 Å². The van der Waals surface area contributed by atoms with Crippen LogP contribution in [-0.4, -0.2) is 28.1 Å². The fraction of sp³-hybridized carbons (Fsp3) is 0.455. The summed E-state index contributed by atoms with van der Waals surface area (Å²) >= 11 is -1.18. The molecule has 0 atom stereocenters. The molecule has 0 heterocycles. The van der Waals surface area contributed by atoms with E-state index in [4.69, 9.17) is 8.92 Å². The van der Waals surface area contributed by atoms with E-state index in [0.29, 0.717) is 0 Å². The van der Waals surface area contributed by atoms with Crippen LogP contribution < -0.4 is 0 Å². The molecule has 0 fully saturated rings. The van der Waals surface area contributed by atoms with Crippen molar-refractivity contribution >= 4 is 37.0 Å². The van der Waals surface area contributed by atoms with Crippen LogP contribution >= 0.6 is 8.92 Å². The van der Waals surface area contributed by atoms with E-state index in [0.717, 1.165) is 0 Å². The van der Waals surface area contributed by atoms with Gasteiger partial charge in [0.2, 0.25) is 0 Å². The van der Waals surface area contributed by atoms with E-state index in [1.165, 1.54) is 11.1 Å². The van der Waals surface area contributed by atoms with E-state index in [2.05, 4.69) is 108 Å². The summed E-state index contributed by atoms with van der Waals surface area (Å²) in [6, 6.07) is 22.1. The second-order valence-electron chi connectivity index (χ2n) is 9.08. The fourth-order valence-corrected chi connectivity index (χ4v) is 23.0. The Morgan fingerprint density at radius 3 is 1.24 bits per heavy atom. The zero-order chi connectivity index (χ0) is 18.9. The van der Waals surface area contributed by atoms with Crippen LogP contribution in [0.4, 0.5) is 0 Å². The summed E-state index contributed by atoms with van der Waals surface area (Å²) in [7, 11) is 5.45. The van der Waals surface area contributed by atoms with E-state index < -0.39 is 28.1 Å². The zero-order valence-electron chi connectivity index (χ0n) is 16.7. The molecule has 0 saturated heterocycles. The Morgan fingerprint density at radius 1 is 0.680 bits per heavy atom. The molecule has 0 spiro atoms. The molecule has 2 radical (unpaired) electrons. The third kappa shape index (κ3) is 3.37. The average molecular weight is 478 g/mol. The third-order valence-corrected chi connectivity index (χ3v) is 24.2. The van der Waals surface area contributed by atoms with Gasteiger partial charge in [0, 0.05) is 0 Å². The van der Waals surface area contributed by atoms with Crippen LogP contribution in [-0.2, 0) is 10.8 Å². The van der Waals surface area contributed by atoms with Gasteiger partial charge in [0.1, 0.15) is 0 Å². The predicted molar refractivity (Wildman–Crippen MR) is 117 cm³/mol. The molecular weight excluding hydrogens is 446 g/mol. The van der Waals surface area contributed by atoms with Gasteiger partial charge in [0.25, 0.3) is 0 Å². The molecule has 2 aromatic rings. The van der Waals surface area contributed by atoms with Crippen molar-refractivity contribution < 1.29 is 0 Å². The first-order chi connectivity index (χ1) is 11.5. The van der Waals surface area contributed by atoms with E-state index >= 15 is 0 Å². The predicted octanol–water partition coefficient (Wildman–Crippen LogP) is 6.84. The zero-order valence-corrected chi connectivity index (χ0v) is 21.3. The summed E-state index contributed by atoms with van der Waals surface area (Å²) in [6.07, 6.45) is 0. The summed E-state index contributed by atoms with van der Waals surface area (Å²) in [6.45, 7) is 17.3. The molecule has 0 nitrogen and oxygen atoms in total. The first-order valence-electron chi connectivity index (χ1n) is 9.01. The van der Waals surface area contributed by atoms with Crippen molar-refractivity contribution in [2.24, 2.45) is 0 Å². The van der Waals surface area contributed by atoms with Crippen molar-refractivity contribution in [3.8, 4) is 0 Å². The van der Waals surface area contributed by atoms with Gasteiger partial charge in [-0.3, -0.25) is 0 Å². The number of rotatable bonds is 6. The van der Waals surface area contributed by atoms with Crippen molar-refractivity contribution in [2.45, 2.75) is 61.2 Å². The van der Waals surface area contributed by atoms with Crippen molar-refractivity contribution in [1.29, 1.82) is 0 Å². The maximum atomic E-state index is 7.08. The quantitative estimate of drug-likeness (QED) is 0.400. The number of hydrogen-bond acceptors (Lipinski definition) is 0. The van der Waals surface area contributed by atoms with Crippen LogP contribution in [0.2, 0.25) is 22.7 Å². The first kappa shape index (κ1) is 21.1. The molecule has 134 valence electrons. The molecule has 3 heteroatoms. The SMILES string of the molecule is CC(C)(c1ccccc1)[C]([Sn][Cl])(C(C)(C)c1ccccc1)[Si](C)(C)C. The van der Waals surface area contributed by atoms with Gasteiger partial charge in [-0.25, -0.2) is 0 Å². The molecule has 0 aliphatic rings. The van der Waals surface area contributed by atoms with Crippen molar-refractivity contribution in [1.82, 2.24) is 0 Å². The van der Waals surface area contributed by atoms with Gasteiger partial charge in [-0.05, 0) is 0 Å². The second-order valence-corrected chi connectivity index (χ2v) is 19.7. The molecule has 0 saturated carbocycles. The minimum absolute atomic E-state index is 0.0337. The Balaban J connectivity index is 2.80. The first-order valence-corrected chi connectivity index (χ1v) is 17.6. The summed E-state index contributed by atoms with van der Waals surface area (Å²) in [5.41, 5.74) is 2.91. The molecule has 0 N–H and O–H groups in total. The summed E-state index contributed by atoms with van der Waals surface area (Å²) in [4.78, 5) is 0. The van der Waals surface area contributed by atoms with Crippen LogP contribution in [0, 0.1) is 0 Å². The number of hydrogen-bond donors (Lipinski definition) is 0. The Morgan fingerprint density at radius 2 is 1.00 bits per heavy atom. The Bertz CT molecular complexity index is 635. The van der Waals surface area contributed by atoms with Gasteiger partial charge < -0.3 is 0 Å². The van der Waals surface area contributed by atoms with Crippen LogP contribution in [0.5, 0.6) is 0 Å². The van der Waals surface area contributed by atoms with Gasteiger partial charge in [0.15, 0.2) is 0 Å². The van der Waals surface area contributed by atoms with Crippen molar-refractivity contribution in [2.75, 3.05) is 0 Å². The van der Waals surface area contributed by atoms with Gasteiger partial charge >= 0.3 is 170 Å². The summed E-state index contributed by atoms with van der Waals surface area (Å²) in [5.74, 6) is 0. The van der Waals surface area contributed by atoms with E-state index in [1.54, 1.807) is 0 Å². The maximum absolute atomic E-state index is 7.08. The molecule has 0 bridgehead atoms. The van der Waals surface area contributed by atoms with Gasteiger partial charge in [0.05, 0.1) is 0 Å². The molecule has 2 aromatic carbocycles. The molecule has 0 aliphatic heterocycles. The molecular formula is C22H31ClSiSn. The van der Waals surface area contributed by atoms with Gasteiger partial charge in [-0.2, -0.15) is 0 Å². The second kappa shape index (κ2) is 7.40. The number of benzene rings is 2. The van der Waals surface area contributed by atoms with E-state index in [1.807, 2.05) is 0 Å². The third-order valence-electron chi connectivity index (χ3n) is 6.13. The molecule has 0 amide bonds. The Hall–Kier alpha value is -0.254. The van der Waals surface area contributed by atoms with Crippen molar-refractivity contribution in [3.63, 3.8) is 0 Å². The Kier molecular flexibility index (Phi) is 6.23. The van der Waals surface area contributed by atoms with Crippen LogP contribution in [0.1, 0.15) is 38.8 Å². The monoisotopic (exact) mass is 478 g/mol. The standard InChI is InChI=1S/C22H31Si.ClH.Sn/c1-21(2,18-14-10-8-11-15-18)20(23(5,6)7)22(3,4)19-16-12-9-13-17-19;;/h8-17H,1-7H3;1H;/q;;+1/p-1. The molecule has 0 aromatic heterocycles. The molecule has 0 aliphatic carbocycles. The molecule has 0 unspecified atom stereocenters. The minimum atomic E-state index is -1.63. The average Bonchev–Trinajstić information content (AvgIpc) is 2.55. The van der Waals surface area contributed by atoms with Gasteiger partial charge in [-0.1, -0.05) is 0 Å². The van der Waals surface area contributed by atoms with Crippen LogP contribution in [0.3, 0.4) is 0 Å². The van der Waals surface area contributed by atoms with Crippen molar-refractivity contribution in [3.05, 3.63) is 71.8 Å². The Labute approximate surface area is 169 Å². The van der Waals surface area contributed by atoms with Crippen LogP contribution in [0.15, 0.2) is 60.7 Å². The normalized spacial score (nSPS) is 13.8. The number of halogens is 1. The van der Waals surface area contributed by atoms with Crippen LogP contribution in [0.25, 0.3) is 0 Å². The molecule has 25 heavy (non-hydrogen) atoms. The van der Waals surface area contributed by atoms with Gasteiger partial charge in [-0.15, -0.1) is 0 Å².